The normalized spacial score (nSPS) is 11.4. The van der Waals surface area contributed by atoms with Gasteiger partial charge in [-0.2, -0.15) is 18.4 Å². The quantitative estimate of drug-likeness (QED) is 0.863. The van der Waals surface area contributed by atoms with Crippen molar-refractivity contribution in [3.63, 3.8) is 0 Å². The molecule has 0 spiro atoms. The van der Waals surface area contributed by atoms with E-state index in [-0.39, 0.29) is 6.07 Å². The number of alkyl halides is 5. The summed E-state index contributed by atoms with van der Waals surface area (Å²) in [5.41, 5.74) is -4.49. The molecule has 0 aliphatic rings. The van der Waals surface area contributed by atoms with E-state index in [9.17, 15) is 26.7 Å². The van der Waals surface area contributed by atoms with Crippen molar-refractivity contribution < 1.29 is 31.9 Å². The summed E-state index contributed by atoms with van der Waals surface area (Å²) in [4.78, 5) is 13.4. The summed E-state index contributed by atoms with van der Waals surface area (Å²) in [7, 11) is 0. The lowest BCUT2D eigenvalue weighted by molar-refractivity contribution is -0.141. The van der Waals surface area contributed by atoms with Gasteiger partial charge in [0.1, 0.15) is 17.5 Å². The van der Waals surface area contributed by atoms with E-state index < -0.39 is 47.5 Å². The summed E-state index contributed by atoms with van der Waals surface area (Å²) in [6.07, 6.45) is -9.35. The second kappa shape index (κ2) is 5.17. The van der Waals surface area contributed by atoms with Gasteiger partial charge >= 0.3 is 12.1 Å². The number of nitriles is 1. The Bertz CT molecular complexity index is 548. The van der Waals surface area contributed by atoms with E-state index in [0.717, 1.165) is 0 Å². The Hall–Kier alpha value is -2.24. The molecule has 0 aliphatic carbocycles. The second-order valence-electron chi connectivity index (χ2n) is 3.40. The molecular weight excluding hydrogens is 275 g/mol. The predicted octanol–water partition coefficient (Wildman–Crippen LogP) is 2.54. The van der Waals surface area contributed by atoms with E-state index in [2.05, 4.69) is 4.98 Å². The first-order valence-corrected chi connectivity index (χ1v) is 4.68. The number of carbonyl (C=O) groups is 1. The minimum Gasteiger partial charge on any atom is -0.481 e. The SMILES string of the molecule is N#Cc1nc(C(F)(F)F)cc(C(F)F)c1CC(=O)O. The van der Waals surface area contributed by atoms with Gasteiger partial charge in [0.25, 0.3) is 6.43 Å². The Kier molecular flexibility index (Phi) is 4.04. The number of carboxylic acid groups (broad SMARTS) is 1. The summed E-state index contributed by atoms with van der Waals surface area (Å²) in [5, 5.41) is 17.1. The third kappa shape index (κ3) is 3.37. The highest BCUT2D eigenvalue weighted by Crippen LogP contribution is 2.33. The lowest BCUT2D eigenvalue weighted by Gasteiger charge is -2.12. The minimum atomic E-state index is -5.00. The maximum absolute atomic E-state index is 12.7. The molecule has 1 N–H and O–H groups in total. The summed E-state index contributed by atoms with van der Waals surface area (Å²) < 4.78 is 62.6. The van der Waals surface area contributed by atoms with Crippen molar-refractivity contribution >= 4 is 5.97 Å². The van der Waals surface area contributed by atoms with Gasteiger partial charge in [-0.15, -0.1) is 0 Å². The zero-order valence-corrected chi connectivity index (χ0v) is 9.00. The van der Waals surface area contributed by atoms with Crippen LogP contribution in [0.25, 0.3) is 0 Å². The standard InChI is InChI=1S/C10H5F5N2O2/c11-9(12)5-1-7(10(13,14)15)17-6(3-16)4(5)2-8(18)19/h1,9H,2H2,(H,18,19). The molecule has 19 heavy (non-hydrogen) atoms. The van der Waals surface area contributed by atoms with E-state index >= 15 is 0 Å². The van der Waals surface area contributed by atoms with Crippen LogP contribution in [0.2, 0.25) is 0 Å². The first kappa shape index (κ1) is 14.8. The van der Waals surface area contributed by atoms with Crippen LogP contribution in [0, 0.1) is 11.3 Å². The van der Waals surface area contributed by atoms with Crippen LogP contribution in [0.1, 0.15) is 28.9 Å². The lowest BCUT2D eigenvalue weighted by Crippen LogP contribution is -2.15. The van der Waals surface area contributed by atoms with E-state index in [0.29, 0.717) is 0 Å². The molecule has 0 fully saturated rings. The Balaban J connectivity index is 3.55. The molecule has 0 saturated carbocycles. The van der Waals surface area contributed by atoms with Crippen molar-refractivity contribution in [3.8, 4) is 6.07 Å². The molecule has 0 amide bonds. The Labute approximate surface area is 103 Å². The first-order valence-electron chi connectivity index (χ1n) is 4.68. The average Bonchev–Trinajstić information content (AvgIpc) is 2.26. The van der Waals surface area contributed by atoms with Gasteiger partial charge in [-0.05, 0) is 6.07 Å². The summed E-state index contributed by atoms with van der Waals surface area (Å²) in [6, 6.07) is 1.26. The molecule has 0 bridgehead atoms. The molecule has 0 radical (unpaired) electrons. The molecule has 1 rings (SSSR count). The topological polar surface area (TPSA) is 74.0 Å². The zero-order valence-electron chi connectivity index (χ0n) is 9.00. The number of nitrogens with zero attached hydrogens (tertiary/aromatic N) is 2. The van der Waals surface area contributed by atoms with Gasteiger partial charge in [-0.25, -0.2) is 13.8 Å². The number of aromatic nitrogens is 1. The molecule has 0 aliphatic heterocycles. The van der Waals surface area contributed by atoms with Gasteiger partial charge in [0.2, 0.25) is 0 Å². The van der Waals surface area contributed by atoms with E-state index in [1.54, 1.807) is 0 Å². The highest BCUT2D eigenvalue weighted by molar-refractivity contribution is 5.71. The molecule has 0 aromatic carbocycles. The molecule has 1 aromatic rings. The number of hydrogen-bond donors (Lipinski definition) is 1. The number of aliphatic carboxylic acids is 1. The van der Waals surface area contributed by atoms with Crippen molar-refractivity contribution in [1.29, 1.82) is 5.26 Å². The van der Waals surface area contributed by atoms with Gasteiger partial charge in [0.05, 0.1) is 6.42 Å². The summed E-state index contributed by atoms with van der Waals surface area (Å²) >= 11 is 0. The summed E-state index contributed by atoms with van der Waals surface area (Å²) in [5.74, 6) is -1.56. The van der Waals surface area contributed by atoms with Crippen molar-refractivity contribution in [2.24, 2.45) is 0 Å². The molecule has 4 nitrogen and oxygen atoms in total. The molecule has 9 heteroatoms. The molecule has 0 saturated heterocycles. The monoisotopic (exact) mass is 280 g/mol. The minimum absolute atomic E-state index is 0.0593. The highest BCUT2D eigenvalue weighted by Gasteiger charge is 2.35. The van der Waals surface area contributed by atoms with E-state index in [1.165, 1.54) is 6.07 Å². The molecular formula is C10H5F5N2O2. The summed E-state index contributed by atoms with van der Waals surface area (Å²) in [6.45, 7) is 0. The molecule has 1 heterocycles. The van der Waals surface area contributed by atoms with Gasteiger partial charge in [0.15, 0.2) is 0 Å². The Morgan fingerprint density at radius 3 is 2.42 bits per heavy atom. The Morgan fingerprint density at radius 1 is 1.47 bits per heavy atom. The predicted molar refractivity (Wildman–Crippen MR) is 50.3 cm³/mol. The average molecular weight is 280 g/mol. The fourth-order valence-corrected chi connectivity index (χ4v) is 1.36. The van der Waals surface area contributed by atoms with Gasteiger partial charge in [0, 0.05) is 11.1 Å². The number of hydrogen-bond acceptors (Lipinski definition) is 3. The zero-order chi connectivity index (χ0) is 14.8. The van der Waals surface area contributed by atoms with E-state index in [4.69, 9.17) is 10.4 Å². The number of pyridine rings is 1. The van der Waals surface area contributed by atoms with Crippen LogP contribution in [0.15, 0.2) is 6.07 Å². The second-order valence-corrected chi connectivity index (χ2v) is 3.40. The maximum Gasteiger partial charge on any atom is 0.433 e. The van der Waals surface area contributed by atoms with E-state index in [1.807, 2.05) is 0 Å². The Morgan fingerprint density at radius 2 is 2.05 bits per heavy atom. The van der Waals surface area contributed by atoms with Gasteiger partial charge in [-0.1, -0.05) is 0 Å². The van der Waals surface area contributed by atoms with Gasteiger partial charge in [-0.3, -0.25) is 4.79 Å². The number of carboxylic acids is 1. The van der Waals surface area contributed by atoms with Crippen LogP contribution >= 0.6 is 0 Å². The lowest BCUT2D eigenvalue weighted by atomic mass is 10.0. The number of rotatable bonds is 3. The highest BCUT2D eigenvalue weighted by atomic mass is 19.4. The fourth-order valence-electron chi connectivity index (χ4n) is 1.36. The van der Waals surface area contributed by atoms with Crippen LogP contribution in [0.4, 0.5) is 22.0 Å². The fraction of sp³-hybridized carbons (Fsp3) is 0.300. The van der Waals surface area contributed by atoms with Crippen LogP contribution in [0.3, 0.4) is 0 Å². The first-order chi connectivity index (χ1) is 8.66. The van der Waals surface area contributed by atoms with Crippen LogP contribution in [-0.2, 0) is 17.4 Å². The van der Waals surface area contributed by atoms with Crippen molar-refractivity contribution in [1.82, 2.24) is 4.98 Å². The maximum atomic E-state index is 12.7. The third-order valence-corrected chi connectivity index (χ3v) is 2.12. The molecule has 102 valence electrons. The van der Waals surface area contributed by atoms with Crippen molar-refractivity contribution in [3.05, 3.63) is 28.6 Å². The van der Waals surface area contributed by atoms with Crippen molar-refractivity contribution in [2.75, 3.05) is 0 Å². The molecule has 1 aromatic heterocycles. The van der Waals surface area contributed by atoms with Crippen LogP contribution in [0.5, 0.6) is 0 Å². The van der Waals surface area contributed by atoms with Crippen molar-refractivity contribution in [2.45, 2.75) is 19.0 Å². The third-order valence-electron chi connectivity index (χ3n) is 2.12. The van der Waals surface area contributed by atoms with Gasteiger partial charge < -0.3 is 5.11 Å². The molecule has 0 unspecified atom stereocenters. The van der Waals surface area contributed by atoms with Crippen LogP contribution < -0.4 is 0 Å². The van der Waals surface area contributed by atoms with Crippen LogP contribution in [-0.4, -0.2) is 16.1 Å². The smallest absolute Gasteiger partial charge is 0.433 e. The largest absolute Gasteiger partial charge is 0.481 e. The molecule has 0 atom stereocenters. The number of halogens is 5.